The SMILES string of the molecule is CCOC(=O)CNC(=O)c1ccc(Cl)cc1[N+](=O)[O-]. The van der Waals surface area contributed by atoms with Crippen LogP contribution in [0.5, 0.6) is 0 Å². The number of benzene rings is 1. The maximum Gasteiger partial charge on any atom is 0.325 e. The first kappa shape index (κ1) is 14.9. The third-order valence-corrected chi connectivity index (χ3v) is 2.33. The van der Waals surface area contributed by atoms with E-state index >= 15 is 0 Å². The molecule has 1 aromatic rings. The van der Waals surface area contributed by atoms with Crippen molar-refractivity contribution < 1.29 is 19.2 Å². The first-order valence-electron chi connectivity index (χ1n) is 5.33. The second-order valence-corrected chi connectivity index (χ2v) is 3.84. The van der Waals surface area contributed by atoms with E-state index in [0.29, 0.717) is 0 Å². The molecule has 0 aromatic heterocycles. The summed E-state index contributed by atoms with van der Waals surface area (Å²) in [6.07, 6.45) is 0. The van der Waals surface area contributed by atoms with E-state index < -0.39 is 22.5 Å². The van der Waals surface area contributed by atoms with Gasteiger partial charge < -0.3 is 10.1 Å². The molecule has 1 N–H and O–H groups in total. The molecular weight excluding hydrogens is 276 g/mol. The van der Waals surface area contributed by atoms with Gasteiger partial charge in [-0.2, -0.15) is 0 Å². The average Bonchev–Trinajstić information content (AvgIpc) is 2.36. The van der Waals surface area contributed by atoms with Crippen molar-refractivity contribution in [3.63, 3.8) is 0 Å². The summed E-state index contributed by atoms with van der Waals surface area (Å²) < 4.78 is 4.62. The maximum atomic E-state index is 11.7. The molecule has 1 aromatic carbocycles. The van der Waals surface area contributed by atoms with Gasteiger partial charge in [-0.3, -0.25) is 19.7 Å². The van der Waals surface area contributed by atoms with E-state index in [1.165, 1.54) is 12.1 Å². The van der Waals surface area contributed by atoms with Gasteiger partial charge in [0.2, 0.25) is 0 Å². The lowest BCUT2D eigenvalue weighted by Gasteiger charge is -2.05. The zero-order valence-corrected chi connectivity index (χ0v) is 10.8. The molecule has 0 saturated heterocycles. The summed E-state index contributed by atoms with van der Waals surface area (Å²) in [4.78, 5) is 32.9. The van der Waals surface area contributed by atoms with Crippen molar-refractivity contribution in [1.29, 1.82) is 0 Å². The third-order valence-electron chi connectivity index (χ3n) is 2.10. The Kier molecular flexibility index (Phi) is 5.25. The number of nitro benzene ring substituents is 1. The highest BCUT2D eigenvalue weighted by molar-refractivity contribution is 6.31. The van der Waals surface area contributed by atoms with E-state index in [4.69, 9.17) is 11.6 Å². The van der Waals surface area contributed by atoms with Crippen LogP contribution in [0.1, 0.15) is 17.3 Å². The number of nitrogens with one attached hydrogen (secondary N) is 1. The number of esters is 1. The monoisotopic (exact) mass is 286 g/mol. The van der Waals surface area contributed by atoms with Crippen LogP contribution in [0.15, 0.2) is 18.2 Å². The van der Waals surface area contributed by atoms with E-state index in [1.54, 1.807) is 6.92 Å². The van der Waals surface area contributed by atoms with Crippen LogP contribution >= 0.6 is 11.6 Å². The highest BCUT2D eigenvalue weighted by Crippen LogP contribution is 2.22. The lowest BCUT2D eigenvalue weighted by atomic mass is 10.1. The molecule has 19 heavy (non-hydrogen) atoms. The summed E-state index contributed by atoms with van der Waals surface area (Å²) in [7, 11) is 0. The van der Waals surface area contributed by atoms with Crippen LogP contribution in [0.25, 0.3) is 0 Å². The van der Waals surface area contributed by atoms with Gasteiger partial charge in [0, 0.05) is 11.1 Å². The first-order valence-corrected chi connectivity index (χ1v) is 5.71. The largest absolute Gasteiger partial charge is 0.465 e. The van der Waals surface area contributed by atoms with Crippen LogP contribution in [0.3, 0.4) is 0 Å². The van der Waals surface area contributed by atoms with E-state index in [0.717, 1.165) is 6.07 Å². The minimum absolute atomic E-state index is 0.147. The maximum absolute atomic E-state index is 11.7. The van der Waals surface area contributed by atoms with E-state index in [9.17, 15) is 19.7 Å². The molecule has 0 atom stereocenters. The number of carbonyl (C=O) groups is 2. The number of hydrogen-bond donors (Lipinski definition) is 1. The van der Waals surface area contributed by atoms with Crippen LogP contribution in [0, 0.1) is 10.1 Å². The molecule has 8 heteroatoms. The Labute approximate surface area is 113 Å². The molecule has 0 fully saturated rings. The lowest BCUT2D eigenvalue weighted by Crippen LogP contribution is -2.31. The molecule has 0 heterocycles. The number of nitrogens with zero attached hydrogens (tertiary/aromatic N) is 1. The van der Waals surface area contributed by atoms with Crippen LogP contribution in [-0.2, 0) is 9.53 Å². The summed E-state index contributed by atoms with van der Waals surface area (Å²) in [5.74, 6) is -1.36. The van der Waals surface area contributed by atoms with Gasteiger partial charge in [-0.05, 0) is 19.1 Å². The summed E-state index contributed by atoms with van der Waals surface area (Å²) in [5.41, 5.74) is -0.590. The van der Waals surface area contributed by atoms with Gasteiger partial charge in [-0.25, -0.2) is 0 Å². The molecule has 102 valence electrons. The van der Waals surface area contributed by atoms with Crippen molar-refractivity contribution in [2.75, 3.05) is 13.2 Å². The van der Waals surface area contributed by atoms with Crippen molar-refractivity contribution in [2.45, 2.75) is 6.92 Å². The molecule has 0 saturated carbocycles. The summed E-state index contributed by atoms with van der Waals surface area (Å²) >= 11 is 5.62. The molecule has 1 rings (SSSR count). The van der Waals surface area contributed by atoms with E-state index in [1.807, 2.05) is 0 Å². The fourth-order valence-corrected chi connectivity index (χ4v) is 1.47. The van der Waals surface area contributed by atoms with Gasteiger partial charge in [0.1, 0.15) is 12.1 Å². The molecule has 7 nitrogen and oxygen atoms in total. The van der Waals surface area contributed by atoms with Gasteiger partial charge >= 0.3 is 5.97 Å². The normalized spacial score (nSPS) is 9.79. The minimum atomic E-state index is -0.739. The van der Waals surface area contributed by atoms with Crippen LogP contribution in [0.2, 0.25) is 5.02 Å². The predicted octanol–water partition coefficient (Wildman–Crippen LogP) is 1.54. The third kappa shape index (κ3) is 4.22. The van der Waals surface area contributed by atoms with Gasteiger partial charge in [-0.1, -0.05) is 11.6 Å². The Morgan fingerprint density at radius 2 is 2.16 bits per heavy atom. The predicted molar refractivity (Wildman–Crippen MR) is 67.1 cm³/mol. The van der Waals surface area contributed by atoms with E-state index in [-0.39, 0.29) is 23.7 Å². The van der Waals surface area contributed by atoms with Crippen LogP contribution in [-0.4, -0.2) is 30.0 Å². The molecule has 0 spiro atoms. The smallest absolute Gasteiger partial charge is 0.325 e. The number of carbonyl (C=O) groups excluding carboxylic acids is 2. The molecule has 0 radical (unpaired) electrons. The van der Waals surface area contributed by atoms with Crippen molar-refractivity contribution in [1.82, 2.24) is 5.32 Å². The van der Waals surface area contributed by atoms with E-state index in [2.05, 4.69) is 10.1 Å². The Bertz CT molecular complexity index is 518. The second kappa shape index (κ2) is 6.69. The van der Waals surface area contributed by atoms with Gasteiger partial charge in [0.25, 0.3) is 11.6 Å². The number of hydrogen-bond acceptors (Lipinski definition) is 5. The summed E-state index contributed by atoms with van der Waals surface area (Å²) in [6.45, 7) is 1.46. The molecule has 0 unspecified atom stereocenters. The molecule has 0 bridgehead atoms. The van der Waals surface area contributed by atoms with Crippen LogP contribution < -0.4 is 5.32 Å². The number of ether oxygens (including phenoxy) is 1. The van der Waals surface area contributed by atoms with Crippen molar-refractivity contribution in [3.8, 4) is 0 Å². The topological polar surface area (TPSA) is 98.5 Å². The van der Waals surface area contributed by atoms with Crippen molar-refractivity contribution in [2.24, 2.45) is 0 Å². The number of rotatable bonds is 5. The molecular formula is C11H11ClN2O5. The van der Waals surface area contributed by atoms with Gasteiger partial charge in [0.05, 0.1) is 11.5 Å². The Morgan fingerprint density at radius 3 is 2.74 bits per heavy atom. The second-order valence-electron chi connectivity index (χ2n) is 3.41. The first-order chi connectivity index (χ1) is 8.95. The fourth-order valence-electron chi connectivity index (χ4n) is 1.31. The Morgan fingerprint density at radius 1 is 1.47 bits per heavy atom. The summed E-state index contributed by atoms with van der Waals surface area (Å²) in [6, 6.07) is 3.65. The zero-order chi connectivity index (χ0) is 14.4. The quantitative estimate of drug-likeness (QED) is 0.503. The number of nitro groups is 1. The molecule has 1 amide bonds. The highest BCUT2D eigenvalue weighted by atomic mass is 35.5. The van der Waals surface area contributed by atoms with Crippen molar-refractivity contribution in [3.05, 3.63) is 38.9 Å². The lowest BCUT2D eigenvalue weighted by molar-refractivity contribution is -0.385. The van der Waals surface area contributed by atoms with Crippen LogP contribution in [0.4, 0.5) is 5.69 Å². The zero-order valence-electron chi connectivity index (χ0n) is 10.0. The number of amides is 1. The van der Waals surface area contributed by atoms with Gasteiger partial charge in [0.15, 0.2) is 0 Å². The molecule has 0 aliphatic heterocycles. The Hall–Kier alpha value is -2.15. The number of halogens is 1. The Balaban J connectivity index is 2.82. The average molecular weight is 287 g/mol. The molecule has 0 aliphatic carbocycles. The van der Waals surface area contributed by atoms with Crippen molar-refractivity contribution >= 4 is 29.2 Å². The molecule has 0 aliphatic rings. The minimum Gasteiger partial charge on any atom is -0.465 e. The van der Waals surface area contributed by atoms with Gasteiger partial charge in [-0.15, -0.1) is 0 Å². The summed E-state index contributed by atoms with van der Waals surface area (Å²) in [5, 5.41) is 13.2. The highest BCUT2D eigenvalue weighted by Gasteiger charge is 2.20. The standard InChI is InChI=1S/C11H11ClN2O5/c1-2-19-10(15)6-13-11(16)8-4-3-7(12)5-9(8)14(17)18/h3-5H,2,6H2,1H3,(H,13,16). The fraction of sp³-hybridized carbons (Fsp3) is 0.273.